The number of aliphatic hydroxyl groups excluding tert-OH is 29. The van der Waals surface area contributed by atoms with Crippen LogP contribution in [0.15, 0.2) is 0 Å². The van der Waals surface area contributed by atoms with E-state index in [4.69, 9.17) is 100 Å². The van der Waals surface area contributed by atoms with Crippen molar-refractivity contribution in [1.29, 1.82) is 0 Å². The lowest BCUT2D eigenvalue weighted by atomic mass is 9.94. The highest BCUT2D eigenvalue weighted by Gasteiger charge is 2.62. The predicted molar refractivity (Wildman–Crippen MR) is 335 cm³/mol. The molecule has 10 fully saturated rings. The Morgan fingerprint density at radius 3 is 0.694 bits per heavy atom. The van der Waals surface area contributed by atoms with Crippen LogP contribution in [-0.4, -0.2) is 515 Å². The van der Waals surface area contributed by atoms with Crippen molar-refractivity contribution in [3.63, 3.8) is 0 Å². The summed E-state index contributed by atoms with van der Waals surface area (Å²) < 4.78 is 115. The van der Waals surface area contributed by atoms with E-state index in [1.807, 2.05) is 0 Å². The molecule has 50 atom stereocenters. The third-order valence-electron chi connectivity index (χ3n) is 21.1. The van der Waals surface area contributed by atoms with E-state index in [0.717, 1.165) is 0 Å². The molecule has 111 heavy (non-hydrogen) atoms. The highest BCUT2D eigenvalue weighted by Crippen LogP contribution is 2.42. The summed E-state index contributed by atoms with van der Waals surface area (Å²) in [5.74, 6) is 0. The molecule has 0 aromatic rings. The lowest BCUT2D eigenvalue weighted by molar-refractivity contribution is -0.415. The molecule has 0 aromatic heterocycles. The van der Waals surface area contributed by atoms with Gasteiger partial charge in [-0.2, -0.15) is 0 Å². The fourth-order valence-electron chi connectivity index (χ4n) is 14.5. The number of ether oxygens (including phenoxy) is 20. The Hall–Kier alpha value is -2.00. The van der Waals surface area contributed by atoms with Crippen LogP contribution >= 0.6 is 0 Å². The predicted octanol–water partition coefficient (Wildman–Crippen LogP) is -20.8. The van der Waals surface area contributed by atoms with Crippen LogP contribution in [0.2, 0.25) is 0 Å². The van der Waals surface area contributed by atoms with E-state index < -0.39 is 367 Å². The molecule has 0 radical (unpaired) electrons. The first kappa shape index (κ1) is 91.3. The van der Waals surface area contributed by atoms with Crippen molar-refractivity contribution < 1.29 is 243 Å². The second-order valence-corrected chi connectivity index (χ2v) is 28.3. The minimum atomic E-state index is -2.50. The van der Waals surface area contributed by atoms with Gasteiger partial charge in [-0.15, -0.1) is 0 Å². The normalized spacial score (nSPS) is 53.7. The molecule has 20 unspecified atom stereocenters. The van der Waals surface area contributed by atoms with Crippen molar-refractivity contribution in [3.8, 4) is 0 Å². The number of nitrogens with two attached hydrogens (primary N) is 1. The number of rotatable bonds is 28. The van der Waals surface area contributed by atoms with E-state index >= 15 is 0 Å². The Labute approximate surface area is 627 Å². The Morgan fingerprint density at radius 1 is 0.189 bits per heavy atom. The van der Waals surface area contributed by atoms with Crippen LogP contribution in [0.3, 0.4) is 0 Å². The Bertz CT molecular complexity index is 2790. The molecule has 0 spiro atoms. The average Bonchev–Trinajstić information content (AvgIpc) is 0.765. The van der Waals surface area contributed by atoms with Crippen LogP contribution in [0.4, 0.5) is 0 Å². The summed E-state index contributed by atoms with van der Waals surface area (Å²) in [5.41, 5.74) is 5.47. The summed E-state index contributed by atoms with van der Waals surface area (Å²) in [5, 5.41) is 322. The van der Waals surface area contributed by atoms with Crippen LogP contribution in [-0.2, 0) is 94.7 Å². The van der Waals surface area contributed by atoms with Crippen LogP contribution in [0, 0.1) is 0 Å². The van der Waals surface area contributed by atoms with E-state index in [1.54, 1.807) is 0 Å². The first-order chi connectivity index (χ1) is 52.7. The molecule has 0 amide bonds. The van der Waals surface area contributed by atoms with Crippen molar-refractivity contribution in [2.45, 2.75) is 321 Å². The molecule has 0 aliphatic carbocycles. The van der Waals surface area contributed by atoms with Gasteiger partial charge in [0.25, 0.3) is 0 Å². The van der Waals surface area contributed by atoms with Crippen molar-refractivity contribution >= 4 is 0 Å². The molecule has 10 saturated heterocycles. The van der Waals surface area contributed by atoms with E-state index in [0.29, 0.717) is 0 Å². The number of hydrogen-bond acceptors (Lipinski definition) is 50. The summed E-state index contributed by atoms with van der Waals surface area (Å²) in [6, 6.07) is 0. The molecule has 648 valence electrons. The van der Waals surface area contributed by atoms with Gasteiger partial charge in [-0.1, -0.05) is 0 Å². The van der Waals surface area contributed by atoms with Gasteiger partial charge in [0.1, 0.15) is 232 Å². The zero-order chi connectivity index (χ0) is 81.4. The van der Waals surface area contributed by atoms with E-state index in [1.165, 1.54) is 13.8 Å². The van der Waals surface area contributed by atoms with Crippen LogP contribution in [0.25, 0.3) is 0 Å². The standard InChI is InChI=1S/C61H105NO49/c1-12-22(71)43(38(87)55(93-12)105-45-27(76)17(6-66)95-52(37(45)86)92-11-62)104-58-42(91)48(30(79)20(9-69)99-58)108-61-51(111-54-36(85)33(82)25(74)15(4-64)97-54)49(31(80)21(10-70)102-61)109-59-40(89)46(28(77)18(7-67)100-59)106-56-39(88)44(23(72)13(2)94-56)103-57-41(90)47(29(78)19(8-68)98-57)107-60-50(34(83)26(75)16(5-65)101-60)110-53-35(84)32(81)24(73)14(3-63)96-53/h12-61,63-91H,3-11,62H2,1-2H3/t12?,13?,14?,15?,16?,17?,18?,19?,20?,21?,22-,23-,24+,25+,26+,27+,28+,29+,30+,31+,32-,33-,34-,35?,36?,37-,38-,39-,40-,41?,42?,43?,44?,45-,46-,47-,48-,49-,50?,51?,52?,53+,54+,55-,56-,57-,58-,59?,60-,61-/m0/s1. The highest BCUT2D eigenvalue weighted by atomic mass is 16.8. The van der Waals surface area contributed by atoms with Gasteiger partial charge in [0.05, 0.1) is 71.8 Å². The fraction of sp³-hybridized carbons (Fsp3) is 1.00. The minimum Gasteiger partial charge on any atom is -0.394 e. The summed E-state index contributed by atoms with van der Waals surface area (Å²) in [6.07, 6.45) is -104. The summed E-state index contributed by atoms with van der Waals surface area (Å²) in [6.45, 7) is -6.76. The lowest BCUT2D eigenvalue weighted by Crippen LogP contribution is -2.69. The van der Waals surface area contributed by atoms with Gasteiger partial charge in [-0.3, -0.25) is 0 Å². The van der Waals surface area contributed by atoms with Gasteiger partial charge >= 0.3 is 0 Å². The summed E-state index contributed by atoms with van der Waals surface area (Å²) >= 11 is 0. The third-order valence-corrected chi connectivity index (χ3v) is 21.1. The topological polar surface area (TPSA) is 797 Å². The second-order valence-electron chi connectivity index (χ2n) is 28.3. The van der Waals surface area contributed by atoms with E-state index in [-0.39, 0.29) is 0 Å². The molecule has 0 aromatic carbocycles. The first-order valence-corrected chi connectivity index (χ1v) is 35.6. The number of hydrogen-bond donors (Lipinski definition) is 30. The molecule has 10 aliphatic rings. The quantitative estimate of drug-likeness (QED) is 0.0324. The zero-order valence-corrected chi connectivity index (χ0v) is 58.9. The SMILES string of the molecule is CC1O[C@@H](O[C@H]2[C@H](O)C(CO)OC(O[C@@H]3C(O[C@H]4OC(CO)[C@@H](O)[C@H](O)C4O)[C@H](O[C@@H]4C(O)[C@H](OC5[C@@H](O)C(C)O[C@@H](O[C@H]6[C@H](O)C(CO)OC(OCN)[C@H]6O)[C@H]5O)OC(CO)[C@H]4O)OC(CO)[C@H]3O)[C@H]2O)[C@@H](O)C(O[C@@H]2OC(CO)[C@@H](O)[C@H](O[C@@H]3OC(CO)[C@@H](O)[C@H](O)C3O[C@H]3OC(CO)[C@@H](O)[C@H](O)C3O)C2O)[C@H]1O. The molecule has 50 heteroatoms. The Morgan fingerprint density at radius 2 is 0.387 bits per heavy atom. The summed E-state index contributed by atoms with van der Waals surface area (Å²) in [4.78, 5) is 0. The van der Waals surface area contributed by atoms with Crippen molar-refractivity contribution in [1.82, 2.24) is 0 Å². The van der Waals surface area contributed by atoms with Gasteiger partial charge in [0, 0.05) is 0 Å². The summed E-state index contributed by atoms with van der Waals surface area (Å²) in [7, 11) is 0. The van der Waals surface area contributed by atoms with E-state index in [2.05, 4.69) is 0 Å². The minimum absolute atomic E-state index is 0.531. The molecule has 0 bridgehead atoms. The third kappa shape index (κ3) is 19.0. The molecular weight excluding hydrogens is 1530 g/mol. The zero-order valence-electron chi connectivity index (χ0n) is 58.9. The van der Waals surface area contributed by atoms with Crippen molar-refractivity contribution in [3.05, 3.63) is 0 Å². The molecule has 10 heterocycles. The Balaban J connectivity index is 0.891. The highest BCUT2D eigenvalue weighted by molar-refractivity contribution is 5.04. The van der Waals surface area contributed by atoms with Gasteiger partial charge in [-0.25, -0.2) is 0 Å². The van der Waals surface area contributed by atoms with Gasteiger partial charge in [-0.05, 0) is 13.8 Å². The van der Waals surface area contributed by atoms with Crippen molar-refractivity contribution in [2.24, 2.45) is 5.73 Å². The fourth-order valence-corrected chi connectivity index (χ4v) is 14.5. The van der Waals surface area contributed by atoms with Gasteiger partial charge in [0.2, 0.25) is 0 Å². The molecule has 0 saturated carbocycles. The largest absolute Gasteiger partial charge is 0.394 e. The van der Waals surface area contributed by atoms with Crippen LogP contribution in [0.1, 0.15) is 13.8 Å². The van der Waals surface area contributed by atoms with Crippen molar-refractivity contribution in [2.75, 3.05) is 59.6 Å². The first-order valence-electron chi connectivity index (χ1n) is 35.6. The van der Waals surface area contributed by atoms with Gasteiger partial charge < -0.3 is 249 Å². The smallest absolute Gasteiger partial charge is 0.188 e. The number of aliphatic hydroxyl groups is 29. The maximum Gasteiger partial charge on any atom is 0.188 e. The van der Waals surface area contributed by atoms with E-state index in [9.17, 15) is 148 Å². The van der Waals surface area contributed by atoms with Crippen LogP contribution < -0.4 is 5.73 Å². The van der Waals surface area contributed by atoms with Gasteiger partial charge in [0.15, 0.2) is 62.9 Å². The molecule has 50 nitrogen and oxygen atoms in total. The molecule has 31 N–H and O–H groups in total. The second kappa shape index (κ2) is 39.5. The maximum atomic E-state index is 12.3. The Kier molecular flexibility index (Phi) is 32.5. The average molecular weight is 1640 g/mol. The maximum absolute atomic E-state index is 12.3. The molecule has 10 rings (SSSR count). The molecule has 10 aliphatic heterocycles. The lowest BCUT2D eigenvalue weighted by Gasteiger charge is -2.51. The monoisotopic (exact) mass is 1640 g/mol. The van der Waals surface area contributed by atoms with Crippen LogP contribution in [0.5, 0.6) is 0 Å². The molecular formula is C61H105NO49.